The molecule has 3 heterocycles. The van der Waals surface area contributed by atoms with Crippen molar-refractivity contribution in [2.45, 2.75) is 38.2 Å². The van der Waals surface area contributed by atoms with Gasteiger partial charge in [0.15, 0.2) is 34.4 Å². The van der Waals surface area contributed by atoms with Crippen molar-refractivity contribution in [1.82, 2.24) is 19.3 Å². The summed E-state index contributed by atoms with van der Waals surface area (Å²) in [5.74, 6) is 2.36. The van der Waals surface area contributed by atoms with Gasteiger partial charge >= 0.3 is 0 Å². The molecule has 0 saturated carbocycles. The maximum absolute atomic E-state index is 12.9. The van der Waals surface area contributed by atoms with Gasteiger partial charge in [-0.1, -0.05) is 36.0 Å². The molecule has 1 atom stereocenters. The van der Waals surface area contributed by atoms with Crippen LogP contribution >= 0.6 is 11.8 Å². The van der Waals surface area contributed by atoms with Crippen LogP contribution in [0, 0.1) is 13.8 Å². The number of ketones is 1. The molecule has 1 aliphatic rings. The molecular formula is C24H26N4O3S. The summed E-state index contributed by atoms with van der Waals surface area (Å²) in [7, 11) is 0. The molecule has 0 saturated heterocycles. The van der Waals surface area contributed by atoms with E-state index in [2.05, 4.69) is 27.9 Å². The number of thioether (sulfide) groups is 1. The van der Waals surface area contributed by atoms with Gasteiger partial charge in [0.1, 0.15) is 6.61 Å². The van der Waals surface area contributed by atoms with Crippen LogP contribution in [0.1, 0.15) is 33.7 Å². The number of carbonyl (C=O) groups excluding carboxylic acids is 1. The Hall–Kier alpha value is -3.26. The van der Waals surface area contributed by atoms with Gasteiger partial charge in [0.05, 0.1) is 5.75 Å². The minimum absolute atomic E-state index is 0.0549. The van der Waals surface area contributed by atoms with Crippen molar-refractivity contribution >= 4 is 17.5 Å². The molecule has 8 heteroatoms. The average molecular weight is 451 g/mol. The Morgan fingerprint density at radius 1 is 1.16 bits per heavy atom. The number of para-hydroxylation sites is 2. The maximum atomic E-state index is 12.9. The number of nitrogens with zero attached hydrogens (tertiary/aromatic N) is 4. The van der Waals surface area contributed by atoms with Gasteiger partial charge in [-0.25, -0.2) is 0 Å². The molecule has 1 aliphatic heterocycles. The van der Waals surface area contributed by atoms with E-state index in [-0.39, 0.29) is 17.6 Å². The summed E-state index contributed by atoms with van der Waals surface area (Å²) in [4.78, 5) is 12.9. The van der Waals surface area contributed by atoms with E-state index in [9.17, 15) is 4.79 Å². The largest absolute Gasteiger partial charge is 0.485 e. The van der Waals surface area contributed by atoms with Crippen molar-refractivity contribution in [2.24, 2.45) is 0 Å². The predicted octanol–water partition coefficient (Wildman–Crippen LogP) is 4.56. The lowest BCUT2D eigenvalue weighted by molar-refractivity contribution is 0.0821. The van der Waals surface area contributed by atoms with Crippen LogP contribution in [0.15, 0.2) is 60.8 Å². The van der Waals surface area contributed by atoms with Crippen molar-refractivity contribution in [2.75, 3.05) is 12.4 Å². The Morgan fingerprint density at radius 3 is 2.62 bits per heavy atom. The van der Waals surface area contributed by atoms with Crippen molar-refractivity contribution in [3.05, 3.63) is 78.4 Å². The highest BCUT2D eigenvalue weighted by Crippen LogP contribution is 2.36. The summed E-state index contributed by atoms with van der Waals surface area (Å²) in [5.41, 5.74) is 2.72. The number of aromatic nitrogens is 4. The van der Waals surface area contributed by atoms with E-state index < -0.39 is 0 Å². The first-order valence-electron chi connectivity index (χ1n) is 10.4. The molecule has 0 unspecified atom stereocenters. The molecule has 2 aromatic heterocycles. The summed E-state index contributed by atoms with van der Waals surface area (Å²) < 4.78 is 15.9. The molecule has 4 rings (SSSR count). The molecule has 0 amide bonds. The molecule has 0 fully saturated rings. The number of Topliss-reactive ketones (excluding diaryl/α,β-unsaturated/α-hetero) is 1. The highest BCUT2D eigenvalue weighted by atomic mass is 32.2. The van der Waals surface area contributed by atoms with E-state index in [1.165, 1.54) is 11.8 Å². The summed E-state index contributed by atoms with van der Waals surface area (Å²) in [5, 5.41) is 9.33. The Kier molecular flexibility index (Phi) is 6.50. The second kappa shape index (κ2) is 9.48. The van der Waals surface area contributed by atoms with Crippen LogP contribution in [0.4, 0.5) is 0 Å². The Labute approximate surface area is 191 Å². The zero-order valence-electron chi connectivity index (χ0n) is 18.3. The number of ether oxygens (including phenoxy) is 2. The number of hydrogen-bond donors (Lipinski definition) is 0. The second-order valence-electron chi connectivity index (χ2n) is 7.50. The summed E-state index contributed by atoms with van der Waals surface area (Å²) in [6.45, 7) is 13.1. The summed E-state index contributed by atoms with van der Waals surface area (Å²) in [6.07, 6.45) is 3.22. The molecule has 0 aliphatic carbocycles. The molecule has 0 spiro atoms. The van der Waals surface area contributed by atoms with Gasteiger partial charge < -0.3 is 14.0 Å². The molecule has 7 nitrogen and oxygen atoms in total. The highest BCUT2D eigenvalue weighted by molar-refractivity contribution is 7.99. The fourth-order valence-corrected chi connectivity index (χ4v) is 4.63. The number of rotatable bonds is 9. The number of allylic oxidation sites excluding steroid dienone is 2. The van der Waals surface area contributed by atoms with Crippen molar-refractivity contribution in [3.63, 3.8) is 0 Å². The van der Waals surface area contributed by atoms with Gasteiger partial charge in [-0.05, 0) is 32.0 Å². The zero-order chi connectivity index (χ0) is 22.7. The molecule has 1 aromatic carbocycles. The van der Waals surface area contributed by atoms with Crippen molar-refractivity contribution in [1.29, 1.82) is 0 Å². The summed E-state index contributed by atoms with van der Waals surface area (Å²) >= 11 is 1.36. The fourth-order valence-electron chi connectivity index (χ4n) is 3.79. The Morgan fingerprint density at radius 2 is 1.88 bits per heavy atom. The van der Waals surface area contributed by atoms with Crippen LogP contribution in [0.25, 0.3) is 0 Å². The van der Waals surface area contributed by atoms with Crippen molar-refractivity contribution in [3.8, 4) is 11.5 Å². The molecule has 166 valence electrons. The Balaban J connectivity index is 1.51. The van der Waals surface area contributed by atoms with Gasteiger partial charge in [-0.2, -0.15) is 0 Å². The lowest BCUT2D eigenvalue weighted by Crippen LogP contribution is -2.25. The van der Waals surface area contributed by atoms with E-state index in [1.54, 1.807) is 6.08 Å². The first-order chi connectivity index (χ1) is 15.5. The van der Waals surface area contributed by atoms with Gasteiger partial charge in [0.2, 0.25) is 0 Å². The van der Waals surface area contributed by atoms with Gasteiger partial charge in [0, 0.05) is 30.0 Å². The van der Waals surface area contributed by atoms with Crippen LogP contribution in [-0.4, -0.2) is 37.5 Å². The number of hydrogen-bond acceptors (Lipinski definition) is 6. The first-order valence-corrected chi connectivity index (χ1v) is 11.4. The first kappa shape index (κ1) is 22.0. The number of benzene rings is 1. The third-order valence-corrected chi connectivity index (χ3v) is 6.34. The van der Waals surface area contributed by atoms with Crippen LogP contribution in [0.2, 0.25) is 0 Å². The van der Waals surface area contributed by atoms with Gasteiger partial charge in [-0.3, -0.25) is 9.36 Å². The molecule has 32 heavy (non-hydrogen) atoms. The van der Waals surface area contributed by atoms with Crippen LogP contribution in [0.5, 0.6) is 11.5 Å². The third-order valence-electron chi connectivity index (χ3n) is 5.37. The Bertz CT molecular complexity index is 1160. The monoisotopic (exact) mass is 450 g/mol. The van der Waals surface area contributed by atoms with E-state index in [0.29, 0.717) is 42.2 Å². The minimum Gasteiger partial charge on any atom is -0.485 e. The molecule has 0 bridgehead atoms. The summed E-state index contributed by atoms with van der Waals surface area (Å²) in [6, 6.07) is 9.49. The van der Waals surface area contributed by atoms with Crippen molar-refractivity contribution < 1.29 is 14.3 Å². The molecular weight excluding hydrogens is 424 g/mol. The van der Waals surface area contributed by atoms with Gasteiger partial charge in [-0.15, -0.1) is 23.4 Å². The van der Waals surface area contributed by atoms with Crippen LogP contribution in [0.3, 0.4) is 0 Å². The maximum Gasteiger partial charge on any atom is 0.192 e. The normalized spacial score (nSPS) is 14.9. The molecule has 3 aromatic rings. The average Bonchev–Trinajstić information content (AvgIpc) is 3.33. The number of fused-ring (bicyclic) bond motifs is 1. The lowest BCUT2D eigenvalue weighted by atomic mass is 10.2. The lowest BCUT2D eigenvalue weighted by Gasteiger charge is -2.26. The van der Waals surface area contributed by atoms with Crippen LogP contribution < -0.4 is 9.47 Å². The standard InChI is InChI=1S/C24H26N4O3S/c1-5-11-27-16(3)13-18(17(27)4)19(29)15-32-24-26-25-23(28(24)12-6-2)22-14-30-20-9-7-8-10-21(20)31-22/h5-10,13,22H,1-2,11-12,14-15H2,3-4H3/t22-/m1/s1. The fraction of sp³-hybridized carbons (Fsp3) is 0.292. The van der Waals surface area contributed by atoms with Crippen LogP contribution in [-0.2, 0) is 13.1 Å². The minimum atomic E-state index is -0.389. The van der Waals surface area contributed by atoms with E-state index in [4.69, 9.17) is 9.47 Å². The predicted molar refractivity (Wildman–Crippen MR) is 125 cm³/mol. The number of aryl methyl sites for hydroxylation is 1. The van der Waals surface area contributed by atoms with E-state index in [1.807, 2.05) is 54.8 Å². The highest BCUT2D eigenvalue weighted by Gasteiger charge is 2.28. The smallest absolute Gasteiger partial charge is 0.192 e. The topological polar surface area (TPSA) is 71.2 Å². The molecule has 0 radical (unpaired) electrons. The SMILES string of the molecule is C=CCn1c(SCC(=O)c2cc(C)n(CC=C)c2C)nnc1[C@H]1COc2ccccc2O1. The third kappa shape index (κ3) is 4.23. The van der Waals surface area contributed by atoms with E-state index in [0.717, 1.165) is 17.0 Å². The van der Waals surface area contributed by atoms with Gasteiger partial charge in [0.25, 0.3) is 0 Å². The zero-order valence-corrected chi connectivity index (χ0v) is 19.1. The quantitative estimate of drug-likeness (QED) is 0.270. The molecule has 0 N–H and O–H groups in total. The second-order valence-corrected chi connectivity index (χ2v) is 8.44. The number of carbonyl (C=O) groups is 1. The van der Waals surface area contributed by atoms with E-state index >= 15 is 0 Å².